The lowest BCUT2D eigenvalue weighted by molar-refractivity contribution is 0.102. The average molecular weight is 465 g/mol. The normalized spacial score (nSPS) is 16.5. The van der Waals surface area contributed by atoms with Crippen molar-refractivity contribution in [3.63, 3.8) is 0 Å². The van der Waals surface area contributed by atoms with Crippen molar-refractivity contribution in [2.24, 2.45) is 0 Å². The number of hydrogen-bond acceptors (Lipinski definition) is 4. The average Bonchev–Trinajstić information content (AvgIpc) is 3.44. The third-order valence-corrected chi connectivity index (χ3v) is 8.40. The highest BCUT2D eigenvalue weighted by Gasteiger charge is 2.28. The number of amides is 1. The second-order valence-corrected chi connectivity index (χ2v) is 10.8. The van der Waals surface area contributed by atoms with Crippen molar-refractivity contribution in [2.45, 2.75) is 50.3 Å². The van der Waals surface area contributed by atoms with Crippen LogP contribution in [0.1, 0.15) is 53.0 Å². The highest BCUT2D eigenvalue weighted by Crippen LogP contribution is 2.29. The molecule has 1 fully saturated rings. The Kier molecular flexibility index (Phi) is 5.80. The number of nitrogens with one attached hydrogen (secondary N) is 1. The Morgan fingerprint density at radius 3 is 2.30 bits per heavy atom. The Bertz CT molecular complexity index is 1270. The summed E-state index contributed by atoms with van der Waals surface area (Å²) in [5, 5.41) is 7.54. The summed E-state index contributed by atoms with van der Waals surface area (Å²) in [5.41, 5.74) is 5.20. The Morgan fingerprint density at radius 2 is 1.61 bits per heavy atom. The lowest BCUT2D eigenvalue weighted by Crippen LogP contribution is -2.35. The molecule has 0 unspecified atom stereocenters. The van der Waals surface area contributed by atoms with Gasteiger partial charge in [-0.05, 0) is 75.4 Å². The summed E-state index contributed by atoms with van der Waals surface area (Å²) in [5.74, 6) is -0.273. The van der Waals surface area contributed by atoms with Gasteiger partial charge in [-0.15, -0.1) is 0 Å². The zero-order valence-corrected chi connectivity index (χ0v) is 19.6. The molecule has 3 aromatic rings. The van der Waals surface area contributed by atoms with Crippen LogP contribution in [0.4, 0.5) is 5.69 Å². The highest BCUT2D eigenvalue weighted by molar-refractivity contribution is 7.89. The van der Waals surface area contributed by atoms with Gasteiger partial charge in [0.15, 0.2) is 5.69 Å². The van der Waals surface area contributed by atoms with Crippen LogP contribution in [0.25, 0.3) is 5.69 Å². The number of carbonyl (C=O) groups excluding carboxylic acids is 1. The molecule has 1 saturated heterocycles. The molecule has 2 aromatic carbocycles. The van der Waals surface area contributed by atoms with Crippen LogP contribution < -0.4 is 5.32 Å². The van der Waals surface area contributed by atoms with Crippen molar-refractivity contribution in [1.29, 1.82) is 0 Å². The minimum Gasteiger partial charge on any atom is -0.321 e. The largest absolute Gasteiger partial charge is 0.321 e. The number of anilines is 1. The topological polar surface area (TPSA) is 84.3 Å². The van der Waals surface area contributed by atoms with E-state index in [-0.39, 0.29) is 10.8 Å². The van der Waals surface area contributed by atoms with Crippen molar-refractivity contribution in [3.8, 4) is 5.69 Å². The number of fused-ring (bicyclic) bond motifs is 1. The molecule has 2 aliphatic rings. The third kappa shape index (κ3) is 4.20. The Labute approximate surface area is 194 Å². The van der Waals surface area contributed by atoms with Gasteiger partial charge in [0.05, 0.1) is 10.6 Å². The van der Waals surface area contributed by atoms with Gasteiger partial charge in [-0.2, -0.15) is 9.40 Å². The first-order valence-electron chi connectivity index (χ1n) is 11.5. The molecule has 1 aromatic heterocycles. The maximum Gasteiger partial charge on any atom is 0.276 e. The minimum atomic E-state index is -3.49. The monoisotopic (exact) mass is 464 g/mol. The molecule has 0 saturated carbocycles. The molecule has 0 spiro atoms. The third-order valence-electron chi connectivity index (χ3n) is 6.49. The number of piperidine rings is 1. The molecular formula is C25H28N4O3S. The molecule has 0 atom stereocenters. The Morgan fingerprint density at radius 1 is 0.909 bits per heavy atom. The predicted octanol–water partition coefficient (Wildman–Crippen LogP) is 4.10. The number of sulfonamides is 1. The van der Waals surface area contributed by atoms with Gasteiger partial charge in [0.25, 0.3) is 5.91 Å². The van der Waals surface area contributed by atoms with Crippen molar-refractivity contribution < 1.29 is 13.2 Å². The van der Waals surface area contributed by atoms with Crippen molar-refractivity contribution in [3.05, 3.63) is 71.0 Å². The number of rotatable bonds is 5. The Balaban J connectivity index is 1.36. The van der Waals surface area contributed by atoms with E-state index in [0.29, 0.717) is 24.5 Å². The first kappa shape index (κ1) is 21.9. The van der Waals surface area contributed by atoms with E-state index in [1.54, 1.807) is 28.6 Å². The zero-order chi connectivity index (χ0) is 23.0. The number of hydrogen-bond donors (Lipinski definition) is 1. The smallest absolute Gasteiger partial charge is 0.276 e. The number of carbonyl (C=O) groups is 1. The van der Waals surface area contributed by atoms with E-state index in [2.05, 4.69) is 10.4 Å². The Hall–Kier alpha value is -2.97. The fraction of sp³-hybridized carbons (Fsp3) is 0.360. The molecule has 1 aliphatic carbocycles. The maximum atomic E-state index is 13.1. The van der Waals surface area contributed by atoms with Gasteiger partial charge in [0, 0.05) is 30.0 Å². The van der Waals surface area contributed by atoms with Crippen LogP contribution in [0.3, 0.4) is 0 Å². The standard InChI is InChI=1S/C25H28N4O3S/c1-18-8-12-20(13-9-18)29-23-7-5-6-22(23)24(27-29)25(30)26-19-10-14-21(15-11-19)33(31,32)28-16-3-2-4-17-28/h8-15H,2-7,16-17H2,1H3,(H,26,30). The van der Waals surface area contributed by atoms with Crippen LogP contribution >= 0.6 is 0 Å². The number of benzene rings is 2. The van der Waals surface area contributed by atoms with Crippen LogP contribution in [0.15, 0.2) is 53.4 Å². The first-order valence-corrected chi connectivity index (χ1v) is 13.0. The summed E-state index contributed by atoms with van der Waals surface area (Å²) >= 11 is 0. The summed E-state index contributed by atoms with van der Waals surface area (Å²) in [6.07, 6.45) is 5.59. The molecule has 7 nitrogen and oxygen atoms in total. The number of aryl methyl sites for hydroxylation is 1. The van der Waals surface area contributed by atoms with Gasteiger partial charge >= 0.3 is 0 Å². The van der Waals surface area contributed by atoms with Crippen LogP contribution in [0.2, 0.25) is 0 Å². The molecule has 0 radical (unpaired) electrons. The van der Waals surface area contributed by atoms with E-state index in [1.807, 2.05) is 35.9 Å². The summed E-state index contributed by atoms with van der Waals surface area (Å²) in [4.78, 5) is 13.3. The zero-order valence-electron chi connectivity index (χ0n) is 18.8. The van der Waals surface area contributed by atoms with Gasteiger partial charge < -0.3 is 5.32 Å². The van der Waals surface area contributed by atoms with Gasteiger partial charge in [-0.3, -0.25) is 4.79 Å². The van der Waals surface area contributed by atoms with E-state index >= 15 is 0 Å². The van der Waals surface area contributed by atoms with Crippen molar-refractivity contribution >= 4 is 21.6 Å². The van der Waals surface area contributed by atoms with Crippen molar-refractivity contribution in [2.75, 3.05) is 18.4 Å². The lowest BCUT2D eigenvalue weighted by Gasteiger charge is -2.25. The minimum absolute atomic E-state index is 0.256. The molecule has 172 valence electrons. The van der Waals surface area contributed by atoms with Crippen LogP contribution in [0.5, 0.6) is 0 Å². The predicted molar refractivity (Wildman–Crippen MR) is 127 cm³/mol. The number of aromatic nitrogens is 2. The molecule has 0 bridgehead atoms. The summed E-state index contributed by atoms with van der Waals surface area (Å²) < 4.78 is 29.1. The lowest BCUT2D eigenvalue weighted by atomic mass is 10.2. The molecular weight excluding hydrogens is 436 g/mol. The second kappa shape index (κ2) is 8.76. The summed E-state index contributed by atoms with van der Waals surface area (Å²) in [6.45, 7) is 3.17. The molecule has 2 heterocycles. The van der Waals surface area contributed by atoms with E-state index in [0.717, 1.165) is 55.5 Å². The van der Waals surface area contributed by atoms with E-state index < -0.39 is 10.0 Å². The highest BCUT2D eigenvalue weighted by atomic mass is 32.2. The van der Waals surface area contributed by atoms with E-state index in [4.69, 9.17) is 0 Å². The van der Waals surface area contributed by atoms with Crippen LogP contribution in [0, 0.1) is 6.92 Å². The fourth-order valence-corrected chi connectivity index (χ4v) is 6.19. The molecule has 8 heteroatoms. The molecule has 1 amide bonds. The quantitative estimate of drug-likeness (QED) is 0.616. The van der Waals surface area contributed by atoms with Gasteiger partial charge in [-0.25, -0.2) is 13.1 Å². The van der Waals surface area contributed by atoms with Gasteiger partial charge in [0.1, 0.15) is 0 Å². The van der Waals surface area contributed by atoms with Crippen LogP contribution in [-0.4, -0.2) is 41.5 Å². The van der Waals surface area contributed by atoms with E-state index in [9.17, 15) is 13.2 Å². The SMILES string of the molecule is Cc1ccc(-n2nc(C(=O)Nc3ccc(S(=O)(=O)N4CCCCC4)cc3)c3c2CCC3)cc1. The van der Waals surface area contributed by atoms with E-state index in [1.165, 1.54) is 5.56 Å². The first-order chi connectivity index (χ1) is 15.9. The second-order valence-electron chi connectivity index (χ2n) is 8.82. The van der Waals surface area contributed by atoms with Crippen molar-refractivity contribution in [1.82, 2.24) is 14.1 Å². The number of nitrogens with zero attached hydrogens (tertiary/aromatic N) is 3. The molecule has 1 aliphatic heterocycles. The summed E-state index contributed by atoms with van der Waals surface area (Å²) in [6, 6.07) is 14.5. The molecule has 33 heavy (non-hydrogen) atoms. The maximum absolute atomic E-state index is 13.1. The summed E-state index contributed by atoms with van der Waals surface area (Å²) in [7, 11) is -3.49. The molecule has 1 N–H and O–H groups in total. The van der Waals surface area contributed by atoms with Gasteiger partial charge in [0.2, 0.25) is 10.0 Å². The fourth-order valence-electron chi connectivity index (χ4n) is 4.67. The van der Waals surface area contributed by atoms with Gasteiger partial charge in [-0.1, -0.05) is 24.1 Å². The molecule has 5 rings (SSSR count). The van der Waals surface area contributed by atoms with Crippen LogP contribution in [-0.2, 0) is 22.9 Å².